The number of anilines is 1. The molecule has 0 atom stereocenters. The minimum atomic E-state index is -0.397. The summed E-state index contributed by atoms with van der Waals surface area (Å²) in [5.41, 5.74) is 0.540. The number of carbonyl (C=O) groups is 2. The smallest absolute Gasteiger partial charge is 0.258 e. The zero-order valence-corrected chi connectivity index (χ0v) is 14.1. The molecule has 0 heterocycles. The Labute approximate surface area is 145 Å². The van der Waals surface area contributed by atoms with Crippen molar-refractivity contribution >= 4 is 17.5 Å². The summed E-state index contributed by atoms with van der Waals surface area (Å²) in [6.45, 7) is -0.350. The van der Waals surface area contributed by atoms with E-state index < -0.39 is 5.91 Å². The van der Waals surface area contributed by atoms with E-state index in [0.717, 1.165) is 0 Å². The minimum absolute atomic E-state index is 0.164. The molecule has 0 fully saturated rings. The lowest BCUT2D eigenvalue weighted by molar-refractivity contribution is -0.125. The first-order valence-corrected chi connectivity index (χ1v) is 7.59. The quantitative estimate of drug-likeness (QED) is 0.763. The Bertz CT molecular complexity index is 716. The van der Waals surface area contributed by atoms with E-state index in [0.29, 0.717) is 22.9 Å². The molecular weight excluding hydrogens is 324 g/mol. The van der Waals surface area contributed by atoms with E-state index in [1.807, 2.05) is 0 Å². The molecule has 132 valence electrons. The number of para-hydroxylation sites is 2. The molecule has 0 saturated heterocycles. The van der Waals surface area contributed by atoms with Crippen LogP contribution in [-0.4, -0.2) is 39.2 Å². The number of carbonyl (C=O) groups excluding carboxylic acids is 2. The van der Waals surface area contributed by atoms with Crippen LogP contribution in [0.15, 0.2) is 48.5 Å². The molecule has 0 aliphatic heterocycles. The molecular formula is C18H20N2O5. The maximum absolute atomic E-state index is 11.9. The van der Waals surface area contributed by atoms with Gasteiger partial charge >= 0.3 is 0 Å². The number of ether oxygens (including phenoxy) is 3. The lowest BCUT2D eigenvalue weighted by Crippen LogP contribution is -2.35. The van der Waals surface area contributed by atoms with Gasteiger partial charge in [-0.25, -0.2) is 0 Å². The van der Waals surface area contributed by atoms with E-state index in [-0.39, 0.29) is 19.1 Å². The predicted octanol–water partition coefficient (Wildman–Crippen LogP) is 1.84. The summed E-state index contributed by atoms with van der Waals surface area (Å²) < 4.78 is 15.5. The lowest BCUT2D eigenvalue weighted by Gasteiger charge is -2.11. The summed E-state index contributed by atoms with van der Waals surface area (Å²) in [5.74, 6) is 1.03. The number of nitrogens with one attached hydrogen (secondary N) is 2. The minimum Gasteiger partial charge on any atom is -0.497 e. The van der Waals surface area contributed by atoms with Crippen molar-refractivity contribution in [2.75, 3.05) is 32.7 Å². The largest absolute Gasteiger partial charge is 0.497 e. The molecule has 25 heavy (non-hydrogen) atoms. The van der Waals surface area contributed by atoms with Gasteiger partial charge in [0.1, 0.15) is 17.2 Å². The highest BCUT2D eigenvalue weighted by Crippen LogP contribution is 2.22. The molecule has 0 saturated carbocycles. The van der Waals surface area contributed by atoms with Gasteiger partial charge in [0.05, 0.1) is 26.5 Å². The normalized spacial score (nSPS) is 9.84. The van der Waals surface area contributed by atoms with Crippen molar-refractivity contribution in [3.8, 4) is 17.2 Å². The zero-order chi connectivity index (χ0) is 18.1. The predicted molar refractivity (Wildman–Crippen MR) is 93.1 cm³/mol. The van der Waals surface area contributed by atoms with Crippen molar-refractivity contribution in [3.63, 3.8) is 0 Å². The summed E-state index contributed by atoms with van der Waals surface area (Å²) in [6.07, 6.45) is 0. The first kappa shape index (κ1) is 18.1. The van der Waals surface area contributed by atoms with Gasteiger partial charge in [0.2, 0.25) is 5.91 Å². The third kappa shape index (κ3) is 5.72. The summed E-state index contributed by atoms with van der Waals surface area (Å²) in [4.78, 5) is 23.6. The molecule has 0 radical (unpaired) electrons. The fraction of sp³-hybridized carbons (Fsp3) is 0.222. The SMILES string of the molecule is COc1ccc(OCC(=O)NCC(=O)Nc2ccccc2OC)cc1. The summed E-state index contributed by atoms with van der Waals surface area (Å²) >= 11 is 0. The van der Waals surface area contributed by atoms with Crippen LogP contribution < -0.4 is 24.8 Å². The number of rotatable bonds is 8. The van der Waals surface area contributed by atoms with Crippen LogP contribution in [0.2, 0.25) is 0 Å². The van der Waals surface area contributed by atoms with E-state index in [9.17, 15) is 9.59 Å². The maximum Gasteiger partial charge on any atom is 0.258 e. The molecule has 0 aliphatic rings. The maximum atomic E-state index is 11.9. The standard InChI is InChI=1S/C18H20N2O5/c1-23-13-7-9-14(10-8-13)25-12-18(22)19-11-17(21)20-15-5-3-4-6-16(15)24-2/h3-10H,11-12H2,1-2H3,(H,19,22)(H,20,21). The van der Waals surface area contributed by atoms with Crippen molar-refractivity contribution in [2.24, 2.45) is 0 Å². The van der Waals surface area contributed by atoms with Gasteiger partial charge in [-0.15, -0.1) is 0 Å². The highest BCUT2D eigenvalue weighted by atomic mass is 16.5. The number of benzene rings is 2. The fourth-order valence-corrected chi connectivity index (χ4v) is 1.99. The van der Waals surface area contributed by atoms with Crippen LogP contribution in [0.4, 0.5) is 5.69 Å². The first-order valence-electron chi connectivity index (χ1n) is 7.59. The molecule has 2 N–H and O–H groups in total. The second-order valence-electron chi connectivity index (χ2n) is 4.99. The molecule has 2 aromatic rings. The average Bonchev–Trinajstić information content (AvgIpc) is 2.65. The van der Waals surface area contributed by atoms with Gasteiger partial charge in [-0.1, -0.05) is 12.1 Å². The average molecular weight is 344 g/mol. The molecule has 2 amide bonds. The van der Waals surface area contributed by atoms with Crippen LogP contribution in [0.25, 0.3) is 0 Å². The van der Waals surface area contributed by atoms with Crippen LogP contribution in [0.5, 0.6) is 17.2 Å². The Morgan fingerprint density at radius 1 is 0.880 bits per heavy atom. The molecule has 0 spiro atoms. The monoisotopic (exact) mass is 344 g/mol. The fourth-order valence-electron chi connectivity index (χ4n) is 1.99. The molecule has 0 aromatic heterocycles. The molecule has 2 rings (SSSR count). The second kappa shape index (κ2) is 9.17. The molecule has 2 aromatic carbocycles. The first-order chi connectivity index (χ1) is 12.1. The highest BCUT2D eigenvalue weighted by Gasteiger charge is 2.09. The molecule has 0 bridgehead atoms. The Kier molecular flexibility index (Phi) is 6.65. The van der Waals surface area contributed by atoms with E-state index in [2.05, 4.69) is 10.6 Å². The molecule has 7 heteroatoms. The van der Waals surface area contributed by atoms with E-state index in [4.69, 9.17) is 14.2 Å². The highest BCUT2D eigenvalue weighted by molar-refractivity contribution is 5.95. The van der Waals surface area contributed by atoms with Crippen molar-refractivity contribution in [1.29, 1.82) is 0 Å². The van der Waals surface area contributed by atoms with Crippen LogP contribution in [0.3, 0.4) is 0 Å². The van der Waals surface area contributed by atoms with E-state index >= 15 is 0 Å². The van der Waals surface area contributed by atoms with Gasteiger partial charge < -0.3 is 24.8 Å². The van der Waals surface area contributed by atoms with E-state index in [1.54, 1.807) is 55.6 Å². The van der Waals surface area contributed by atoms with Gasteiger partial charge in [-0.3, -0.25) is 9.59 Å². The third-order valence-corrected chi connectivity index (χ3v) is 3.26. The Morgan fingerprint density at radius 2 is 1.56 bits per heavy atom. The van der Waals surface area contributed by atoms with Crippen LogP contribution >= 0.6 is 0 Å². The van der Waals surface area contributed by atoms with Crippen LogP contribution in [0.1, 0.15) is 0 Å². The Hall–Kier alpha value is -3.22. The molecule has 0 unspecified atom stereocenters. The van der Waals surface area contributed by atoms with Crippen LogP contribution in [0, 0.1) is 0 Å². The van der Waals surface area contributed by atoms with Crippen LogP contribution in [-0.2, 0) is 9.59 Å². The van der Waals surface area contributed by atoms with Gasteiger partial charge in [-0.2, -0.15) is 0 Å². The number of hydrogen-bond donors (Lipinski definition) is 2. The van der Waals surface area contributed by atoms with Crippen molar-refractivity contribution < 1.29 is 23.8 Å². The zero-order valence-electron chi connectivity index (χ0n) is 14.1. The van der Waals surface area contributed by atoms with Crippen molar-refractivity contribution in [2.45, 2.75) is 0 Å². The topological polar surface area (TPSA) is 85.9 Å². The van der Waals surface area contributed by atoms with E-state index in [1.165, 1.54) is 7.11 Å². The number of amides is 2. The van der Waals surface area contributed by atoms with Gasteiger partial charge in [0, 0.05) is 0 Å². The van der Waals surface area contributed by atoms with Gasteiger partial charge in [0.25, 0.3) is 5.91 Å². The van der Waals surface area contributed by atoms with Crippen molar-refractivity contribution in [1.82, 2.24) is 5.32 Å². The summed E-state index contributed by atoms with van der Waals surface area (Å²) in [6, 6.07) is 13.9. The molecule has 7 nitrogen and oxygen atoms in total. The lowest BCUT2D eigenvalue weighted by atomic mass is 10.3. The Balaban J connectivity index is 1.74. The van der Waals surface area contributed by atoms with Gasteiger partial charge in [0.15, 0.2) is 6.61 Å². The number of hydrogen-bond acceptors (Lipinski definition) is 5. The Morgan fingerprint density at radius 3 is 2.24 bits per heavy atom. The summed E-state index contributed by atoms with van der Waals surface area (Å²) in [7, 11) is 3.09. The second-order valence-corrected chi connectivity index (χ2v) is 4.99. The number of methoxy groups -OCH3 is 2. The van der Waals surface area contributed by atoms with Crippen molar-refractivity contribution in [3.05, 3.63) is 48.5 Å². The summed E-state index contributed by atoms with van der Waals surface area (Å²) in [5, 5.41) is 5.16. The van der Waals surface area contributed by atoms with Gasteiger partial charge in [-0.05, 0) is 36.4 Å². The third-order valence-electron chi connectivity index (χ3n) is 3.26. The molecule has 0 aliphatic carbocycles.